The van der Waals surface area contributed by atoms with Crippen molar-refractivity contribution in [3.8, 4) is 0 Å². The third-order valence-corrected chi connectivity index (χ3v) is 4.82. The van der Waals surface area contributed by atoms with Gasteiger partial charge in [0.1, 0.15) is 0 Å². The van der Waals surface area contributed by atoms with Gasteiger partial charge in [-0.2, -0.15) is 8.78 Å². The Kier molecular flexibility index (Phi) is 10.4. The fraction of sp³-hybridized carbons (Fsp3) is 1.00. The van der Waals surface area contributed by atoms with Gasteiger partial charge in [0.15, 0.2) is 0 Å². The molecule has 0 aromatic heterocycles. The van der Waals surface area contributed by atoms with Crippen molar-refractivity contribution < 1.29 is 17.2 Å². The van der Waals surface area contributed by atoms with Crippen LogP contribution in [0.15, 0.2) is 0 Å². The molecule has 6 heteroatoms. The molecule has 0 atom stereocenters. The highest BCUT2D eigenvalue weighted by Crippen LogP contribution is 2.18. The van der Waals surface area contributed by atoms with Crippen molar-refractivity contribution in [2.75, 3.05) is 6.54 Å². The van der Waals surface area contributed by atoms with Crippen LogP contribution in [0.4, 0.5) is 8.78 Å². The molecule has 0 aliphatic carbocycles. The first-order valence-electron chi connectivity index (χ1n) is 7.68. The van der Waals surface area contributed by atoms with E-state index in [0.29, 0.717) is 13.3 Å². The molecule has 0 heterocycles. The van der Waals surface area contributed by atoms with Crippen molar-refractivity contribution in [3.05, 3.63) is 0 Å². The Morgan fingerprint density at radius 1 is 0.850 bits per heavy atom. The number of rotatable bonds is 13. The highest BCUT2D eigenvalue weighted by molar-refractivity contribution is 7.90. The second-order valence-electron chi connectivity index (χ2n) is 5.39. The van der Waals surface area contributed by atoms with E-state index >= 15 is 0 Å². The standard InChI is InChI=1S/C14H29F2NO2S/c1-3-4-5-6-7-8-9-10-11-12-13-17-20(18,19)14(2,15)16/h17H,3-13H2,1-2H3. The van der Waals surface area contributed by atoms with E-state index in [-0.39, 0.29) is 6.54 Å². The summed E-state index contributed by atoms with van der Waals surface area (Å²) in [4.78, 5) is 0. The zero-order valence-corrected chi connectivity index (χ0v) is 13.6. The van der Waals surface area contributed by atoms with Crippen LogP contribution in [-0.2, 0) is 10.0 Å². The minimum absolute atomic E-state index is 0.0995. The molecule has 122 valence electrons. The number of alkyl halides is 2. The molecule has 0 saturated heterocycles. The van der Waals surface area contributed by atoms with E-state index in [2.05, 4.69) is 6.92 Å². The van der Waals surface area contributed by atoms with E-state index in [1.165, 1.54) is 38.5 Å². The molecule has 0 bridgehead atoms. The minimum Gasteiger partial charge on any atom is -0.210 e. The number of hydrogen-bond acceptors (Lipinski definition) is 2. The number of halogens is 2. The summed E-state index contributed by atoms with van der Waals surface area (Å²) in [5.74, 6) is 0. The van der Waals surface area contributed by atoms with Gasteiger partial charge in [0.25, 0.3) is 10.0 Å². The molecule has 0 amide bonds. The van der Waals surface area contributed by atoms with Crippen LogP contribution >= 0.6 is 0 Å². The summed E-state index contributed by atoms with van der Waals surface area (Å²) in [6, 6.07) is 0. The van der Waals surface area contributed by atoms with Crippen molar-refractivity contribution in [3.63, 3.8) is 0 Å². The second-order valence-corrected chi connectivity index (χ2v) is 7.40. The number of sulfonamides is 1. The molecule has 3 nitrogen and oxygen atoms in total. The van der Waals surface area contributed by atoms with Crippen LogP contribution < -0.4 is 4.72 Å². The zero-order chi connectivity index (χ0) is 15.5. The third kappa shape index (κ3) is 9.64. The van der Waals surface area contributed by atoms with Crippen molar-refractivity contribution in [2.24, 2.45) is 0 Å². The Balaban J connectivity index is 3.38. The maximum absolute atomic E-state index is 12.7. The molecule has 0 aliphatic rings. The predicted octanol–water partition coefficient (Wildman–Crippen LogP) is 4.44. The molecule has 0 aromatic carbocycles. The SMILES string of the molecule is CCCCCCCCCCCCNS(=O)(=O)C(C)(F)F. The number of hydrogen-bond donors (Lipinski definition) is 1. The molecular weight excluding hydrogens is 284 g/mol. The summed E-state index contributed by atoms with van der Waals surface area (Å²) in [5, 5.41) is -3.70. The molecular formula is C14H29F2NO2S. The van der Waals surface area contributed by atoms with E-state index < -0.39 is 15.3 Å². The minimum atomic E-state index is -4.49. The summed E-state index contributed by atoms with van der Waals surface area (Å²) in [5.41, 5.74) is 0. The molecule has 0 aliphatic heterocycles. The van der Waals surface area contributed by atoms with Crippen LogP contribution in [0.3, 0.4) is 0 Å². The maximum atomic E-state index is 12.7. The molecule has 0 unspecified atom stereocenters. The molecule has 0 fully saturated rings. The van der Waals surface area contributed by atoms with E-state index in [4.69, 9.17) is 0 Å². The first-order chi connectivity index (χ1) is 9.31. The Labute approximate surface area is 122 Å². The van der Waals surface area contributed by atoms with Crippen LogP contribution in [0.5, 0.6) is 0 Å². The molecule has 0 aromatic rings. The van der Waals surface area contributed by atoms with E-state index in [0.717, 1.165) is 19.3 Å². The zero-order valence-electron chi connectivity index (χ0n) is 12.8. The van der Waals surface area contributed by atoms with Crippen LogP contribution in [0.25, 0.3) is 0 Å². The Bertz CT molecular complexity index is 327. The molecule has 0 rings (SSSR count). The molecule has 0 saturated carbocycles. The molecule has 1 N–H and O–H groups in total. The highest BCUT2D eigenvalue weighted by Gasteiger charge is 2.38. The van der Waals surface area contributed by atoms with Gasteiger partial charge < -0.3 is 0 Å². The molecule has 20 heavy (non-hydrogen) atoms. The Morgan fingerprint density at radius 3 is 1.65 bits per heavy atom. The van der Waals surface area contributed by atoms with E-state index in [1.54, 1.807) is 0 Å². The monoisotopic (exact) mass is 313 g/mol. The predicted molar refractivity (Wildman–Crippen MR) is 79.4 cm³/mol. The topological polar surface area (TPSA) is 46.2 Å². The van der Waals surface area contributed by atoms with Gasteiger partial charge in [-0.05, 0) is 6.42 Å². The van der Waals surface area contributed by atoms with Gasteiger partial charge in [-0.25, -0.2) is 13.1 Å². The fourth-order valence-electron chi connectivity index (χ4n) is 1.95. The lowest BCUT2D eigenvalue weighted by atomic mass is 10.1. The summed E-state index contributed by atoms with van der Waals surface area (Å²) < 4.78 is 49.4. The lowest BCUT2D eigenvalue weighted by molar-refractivity contribution is 0.112. The van der Waals surface area contributed by atoms with Crippen LogP contribution in [0.1, 0.15) is 78.1 Å². The molecule has 0 radical (unpaired) electrons. The summed E-state index contributed by atoms with van der Waals surface area (Å²) in [6.45, 7) is 2.69. The maximum Gasteiger partial charge on any atom is 0.356 e. The van der Waals surface area contributed by atoms with Gasteiger partial charge >= 0.3 is 5.25 Å². The number of nitrogens with one attached hydrogen (secondary N) is 1. The average Bonchev–Trinajstić information content (AvgIpc) is 2.34. The quantitative estimate of drug-likeness (QED) is 0.511. The highest BCUT2D eigenvalue weighted by atomic mass is 32.2. The van der Waals surface area contributed by atoms with Crippen LogP contribution in [0, 0.1) is 0 Å². The van der Waals surface area contributed by atoms with Gasteiger partial charge in [0.05, 0.1) is 0 Å². The van der Waals surface area contributed by atoms with Gasteiger partial charge in [-0.3, -0.25) is 0 Å². The third-order valence-electron chi connectivity index (χ3n) is 3.29. The van der Waals surface area contributed by atoms with Crippen LogP contribution in [0.2, 0.25) is 0 Å². The largest absolute Gasteiger partial charge is 0.356 e. The smallest absolute Gasteiger partial charge is 0.210 e. The van der Waals surface area contributed by atoms with Gasteiger partial charge in [-0.1, -0.05) is 64.7 Å². The van der Waals surface area contributed by atoms with Crippen molar-refractivity contribution in [1.82, 2.24) is 4.72 Å². The molecule has 0 spiro atoms. The van der Waals surface area contributed by atoms with Gasteiger partial charge in [0.2, 0.25) is 0 Å². The average molecular weight is 313 g/mol. The van der Waals surface area contributed by atoms with Crippen molar-refractivity contribution in [2.45, 2.75) is 83.3 Å². The van der Waals surface area contributed by atoms with Crippen molar-refractivity contribution in [1.29, 1.82) is 0 Å². The fourth-order valence-corrected chi connectivity index (χ4v) is 2.61. The van der Waals surface area contributed by atoms with E-state index in [1.807, 2.05) is 4.72 Å². The summed E-state index contributed by atoms with van der Waals surface area (Å²) >= 11 is 0. The lowest BCUT2D eigenvalue weighted by Gasteiger charge is -2.12. The van der Waals surface area contributed by atoms with E-state index in [9.17, 15) is 17.2 Å². The van der Waals surface area contributed by atoms with Gasteiger partial charge in [-0.15, -0.1) is 0 Å². The van der Waals surface area contributed by atoms with Gasteiger partial charge in [0, 0.05) is 13.5 Å². The normalized spacial score (nSPS) is 12.8. The Hall–Kier alpha value is -0.230. The summed E-state index contributed by atoms with van der Waals surface area (Å²) in [7, 11) is -4.49. The Morgan fingerprint density at radius 2 is 1.25 bits per heavy atom. The lowest BCUT2D eigenvalue weighted by Crippen LogP contribution is -2.37. The first-order valence-corrected chi connectivity index (χ1v) is 9.16. The van der Waals surface area contributed by atoms with Crippen LogP contribution in [-0.4, -0.2) is 20.2 Å². The first kappa shape index (κ1) is 19.8. The number of unbranched alkanes of at least 4 members (excludes halogenated alkanes) is 9. The second kappa shape index (κ2) is 10.5. The summed E-state index contributed by atoms with van der Waals surface area (Å²) in [6.07, 6.45) is 11.3. The van der Waals surface area contributed by atoms with Crippen molar-refractivity contribution >= 4 is 10.0 Å².